The van der Waals surface area contributed by atoms with Gasteiger partial charge in [0.2, 0.25) is 0 Å². The number of hydrogen-bond acceptors (Lipinski definition) is 3. The lowest BCUT2D eigenvalue weighted by molar-refractivity contribution is 0.109. The van der Waals surface area contributed by atoms with Crippen LogP contribution in [0.15, 0.2) is 6.07 Å². The van der Waals surface area contributed by atoms with E-state index in [4.69, 9.17) is 4.74 Å². The van der Waals surface area contributed by atoms with E-state index in [9.17, 15) is 0 Å². The molecule has 2 rings (SSSR count). The summed E-state index contributed by atoms with van der Waals surface area (Å²) in [5.41, 5.74) is 2.30. The van der Waals surface area contributed by atoms with Crippen molar-refractivity contribution in [2.75, 3.05) is 26.3 Å². The van der Waals surface area contributed by atoms with Crippen molar-refractivity contribution in [1.82, 2.24) is 15.1 Å². The molecule has 2 heterocycles. The van der Waals surface area contributed by atoms with Crippen molar-refractivity contribution in [3.8, 4) is 0 Å². The standard InChI is InChI=1S/C6H10N2.C4H9NO/c1-5-4-6(2)8(3)7-5;1-3-6-4-2-5-1/h4H,1-3H3;5H,1-4H2. The summed E-state index contributed by atoms with van der Waals surface area (Å²) in [6.45, 7) is 7.87. The third-order valence-electron chi connectivity index (χ3n) is 2.08. The van der Waals surface area contributed by atoms with E-state index in [-0.39, 0.29) is 0 Å². The summed E-state index contributed by atoms with van der Waals surface area (Å²) in [5.74, 6) is 0. The lowest BCUT2D eigenvalue weighted by Crippen LogP contribution is -2.30. The molecule has 1 aromatic heterocycles. The predicted octanol–water partition coefficient (Wildman–Crippen LogP) is 0.643. The van der Waals surface area contributed by atoms with Gasteiger partial charge >= 0.3 is 0 Å². The molecule has 80 valence electrons. The molecule has 0 amide bonds. The molecule has 0 radical (unpaired) electrons. The molecular weight excluding hydrogens is 178 g/mol. The van der Waals surface area contributed by atoms with Crippen molar-refractivity contribution >= 4 is 0 Å². The lowest BCUT2D eigenvalue weighted by atomic mass is 10.4. The van der Waals surface area contributed by atoms with Crippen LogP contribution in [0.25, 0.3) is 0 Å². The molecule has 4 heteroatoms. The van der Waals surface area contributed by atoms with Gasteiger partial charge in [-0.3, -0.25) is 4.68 Å². The Morgan fingerprint density at radius 2 is 2.00 bits per heavy atom. The van der Waals surface area contributed by atoms with Crippen LogP contribution in [0.5, 0.6) is 0 Å². The third kappa shape index (κ3) is 3.89. The molecule has 0 spiro atoms. The molecule has 0 aromatic carbocycles. The zero-order chi connectivity index (χ0) is 10.4. The second kappa shape index (κ2) is 5.78. The Morgan fingerprint density at radius 1 is 1.36 bits per heavy atom. The van der Waals surface area contributed by atoms with Gasteiger partial charge in [-0.15, -0.1) is 0 Å². The second-order valence-electron chi connectivity index (χ2n) is 3.41. The number of nitrogens with one attached hydrogen (secondary N) is 1. The highest BCUT2D eigenvalue weighted by Gasteiger charge is 1.93. The summed E-state index contributed by atoms with van der Waals surface area (Å²) in [6.07, 6.45) is 0. The minimum atomic E-state index is 0.889. The number of morpholine rings is 1. The third-order valence-corrected chi connectivity index (χ3v) is 2.08. The maximum Gasteiger partial charge on any atom is 0.0596 e. The number of ether oxygens (including phenoxy) is 1. The Kier molecular flexibility index (Phi) is 4.62. The van der Waals surface area contributed by atoms with Gasteiger partial charge in [0.1, 0.15) is 0 Å². The molecule has 0 saturated carbocycles. The first kappa shape index (κ1) is 11.2. The van der Waals surface area contributed by atoms with Crippen LogP contribution in [-0.2, 0) is 11.8 Å². The summed E-state index contributed by atoms with van der Waals surface area (Å²) < 4.78 is 6.88. The maximum absolute atomic E-state index is 5.01. The number of hydrogen-bond donors (Lipinski definition) is 1. The molecule has 0 bridgehead atoms. The Hall–Kier alpha value is -0.870. The number of nitrogens with zero attached hydrogens (tertiary/aromatic N) is 2. The average molecular weight is 197 g/mol. The quantitative estimate of drug-likeness (QED) is 0.663. The van der Waals surface area contributed by atoms with Gasteiger partial charge in [-0.2, -0.15) is 5.10 Å². The molecule has 1 aliphatic heterocycles. The fraction of sp³-hybridized carbons (Fsp3) is 0.700. The molecule has 14 heavy (non-hydrogen) atoms. The van der Waals surface area contributed by atoms with E-state index in [0.29, 0.717) is 0 Å². The van der Waals surface area contributed by atoms with Crippen LogP contribution >= 0.6 is 0 Å². The fourth-order valence-electron chi connectivity index (χ4n) is 1.26. The second-order valence-corrected chi connectivity index (χ2v) is 3.41. The fourth-order valence-corrected chi connectivity index (χ4v) is 1.26. The maximum atomic E-state index is 5.01. The first-order chi connectivity index (χ1) is 6.70. The summed E-state index contributed by atoms with van der Waals surface area (Å²) in [7, 11) is 1.95. The van der Waals surface area contributed by atoms with Crippen molar-refractivity contribution in [1.29, 1.82) is 0 Å². The zero-order valence-electron chi connectivity index (χ0n) is 9.21. The van der Waals surface area contributed by atoms with Gasteiger partial charge in [-0.1, -0.05) is 0 Å². The van der Waals surface area contributed by atoms with Gasteiger partial charge in [0.15, 0.2) is 0 Å². The number of aryl methyl sites for hydroxylation is 3. The minimum Gasteiger partial charge on any atom is -0.379 e. The Labute approximate surface area is 85.3 Å². The lowest BCUT2D eigenvalue weighted by Gasteiger charge is -2.10. The SMILES string of the molecule is C1COCCN1.Cc1cc(C)n(C)n1. The highest BCUT2D eigenvalue weighted by molar-refractivity contribution is 5.05. The molecule has 1 aromatic rings. The molecule has 1 N–H and O–H groups in total. The molecule has 1 saturated heterocycles. The summed E-state index contributed by atoms with van der Waals surface area (Å²) in [4.78, 5) is 0. The average Bonchev–Trinajstić information content (AvgIpc) is 2.48. The molecule has 1 fully saturated rings. The topological polar surface area (TPSA) is 39.1 Å². The van der Waals surface area contributed by atoms with Crippen molar-refractivity contribution in [2.45, 2.75) is 13.8 Å². The number of rotatable bonds is 0. The first-order valence-electron chi connectivity index (χ1n) is 4.96. The van der Waals surface area contributed by atoms with Crippen molar-refractivity contribution in [3.05, 3.63) is 17.5 Å². The van der Waals surface area contributed by atoms with Crippen LogP contribution < -0.4 is 5.32 Å². The Bertz CT molecular complexity index is 235. The van der Waals surface area contributed by atoms with Crippen LogP contribution in [0.3, 0.4) is 0 Å². The molecule has 0 aliphatic carbocycles. The van der Waals surface area contributed by atoms with Gasteiger partial charge in [-0.25, -0.2) is 0 Å². The first-order valence-corrected chi connectivity index (χ1v) is 4.96. The largest absolute Gasteiger partial charge is 0.379 e. The monoisotopic (exact) mass is 197 g/mol. The van der Waals surface area contributed by atoms with Gasteiger partial charge in [0, 0.05) is 25.8 Å². The highest BCUT2D eigenvalue weighted by atomic mass is 16.5. The van der Waals surface area contributed by atoms with E-state index in [1.54, 1.807) is 0 Å². The molecule has 0 atom stereocenters. The smallest absolute Gasteiger partial charge is 0.0596 e. The van der Waals surface area contributed by atoms with E-state index in [0.717, 1.165) is 32.0 Å². The van der Waals surface area contributed by atoms with Gasteiger partial charge in [-0.05, 0) is 19.9 Å². The molecular formula is C10H19N3O. The van der Waals surface area contributed by atoms with Gasteiger partial charge < -0.3 is 10.1 Å². The van der Waals surface area contributed by atoms with Crippen molar-refractivity contribution in [2.24, 2.45) is 7.05 Å². The zero-order valence-corrected chi connectivity index (χ0v) is 9.21. The predicted molar refractivity (Wildman–Crippen MR) is 56.4 cm³/mol. The van der Waals surface area contributed by atoms with E-state index >= 15 is 0 Å². The molecule has 4 nitrogen and oxygen atoms in total. The molecule has 0 unspecified atom stereocenters. The minimum absolute atomic E-state index is 0.889. The van der Waals surface area contributed by atoms with E-state index in [1.165, 1.54) is 5.69 Å². The van der Waals surface area contributed by atoms with E-state index < -0.39 is 0 Å². The molecule has 1 aliphatic rings. The highest BCUT2D eigenvalue weighted by Crippen LogP contribution is 1.97. The van der Waals surface area contributed by atoms with Crippen molar-refractivity contribution < 1.29 is 4.74 Å². The van der Waals surface area contributed by atoms with E-state index in [2.05, 4.69) is 16.5 Å². The van der Waals surface area contributed by atoms with Crippen molar-refractivity contribution in [3.63, 3.8) is 0 Å². The van der Waals surface area contributed by atoms with Crippen LogP contribution in [0.2, 0.25) is 0 Å². The van der Waals surface area contributed by atoms with Crippen LogP contribution in [0.1, 0.15) is 11.4 Å². The number of aromatic nitrogens is 2. The normalized spacial score (nSPS) is 15.9. The summed E-state index contributed by atoms with van der Waals surface area (Å²) >= 11 is 0. The van der Waals surface area contributed by atoms with Crippen LogP contribution in [0.4, 0.5) is 0 Å². The summed E-state index contributed by atoms with van der Waals surface area (Å²) in [5, 5.41) is 7.29. The van der Waals surface area contributed by atoms with Crippen LogP contribution in [-0.4, -0.2) is 36.1 Å². The van der Waals surface area contributed by atoms with Gasteiger partial charge in [0.05, 0.1) is 18.9 Å². The summed E-state index contributed by atoms with van der Waals surface area (Å²) in [6, 6.07) is 2.06. The van der Waals surface area contributed by atoms with Crippen LogP contribution in [0, 0.1) is 13.8 Å². The van der Waals surface area contributed by atoms with Gasteiger partial charge in [0.25, 0.3) is 0 Å². The Morgan fingerprint density at radius 3 is 2.14 bits per heavy atom. The van der Waals surface area contributed by atoms with E-state index in [1.807, 2.05) is 25.6 Å². The Balaban J connectivity index is 0.000000146.